The molecule has 102 valence electrons. The second kappa shape index (κ2) is 5.52. The molecule has 0 saturated carbocycles. The smallest absolute Gasteiger partial charge is 0.340 e. The molecule has 0 aromatic heterocycles. The Labute approximate surface area is 114 Å². The minimum atomic E-state index is -1.43. The number of carbonyl (C=O) groups is 2. The lowest BCUT2D eigenvalue weighted by Crippen LogP contribution is -2.16. The zero-order valence-corrected chi connectivity index (χ0v) is 10.7. The van der Waals surface area contributed by atoms with Crippen LogP contribution in [0.3, 0.4) is 0 Å². The molecule has 0 bridgehead atoms. The van der Waals surface area contributed by atoms with Gasteiger partial charge in [0.25, 0.3) is 5.91 Å². The van der Waals surface area contributed by atoms with Gasteiger partial charge in [-0.2, -0.15) is 0 Å². The number of aryl methyl sites for hydroxylation is 1. The molecular weight excluding hydrogens is 261 g/mol. The Kier molecular flexibility index (Phi) is 3.79. The number of carboxylic acid groups (broad SMARTS) is 1. The first-order valence-electron chi connectivity index (χ1n) is 5.89. The summed E-state index contributed by atoms with van der Waals surface area (Å²) < 4.78 is 13.5. The predicted octanol–water partition coefficient (Wildman–Crippen LogP) is 3.08. The Hall–Kier alpha value is -2.69. The average Bonchev–Trinajstić information content (AvgIpc) is 2.38. The number of aromatic carboxylic acids is 1. The van der Waals surface area contributed by atoms with Crippen molar-refractivity contribution in [2.45, 2.75) is 6.92 Å². The number of benzene rings is 2. The first-order chi connectivity index (χ1) is 9.50. The van der Waals surface area contributed by atoms with Crippen LogP contribution in [0.2, 0.25) is 0 Å². The molecule has 2 aromatic carbocycles. The molecule has 0 saturated heterocycles. The molecule has 0 spiro atoms. The van der Waals surface area contributed by atoms with Gasteiger partial charge in [-0.15, -0.1) is 0 Å². The van der Waals surface area contributed by atoms with E-state index in [-0.39, 0.29) is 5.69 Å². The average molecular weight is 273 g/mol. The number of halogens is 1. The number of hydrogen-bond acceptors (Lipinski definition) is 2. The van der Waals surface area contributed by atoms with Crippen LogP contribution in [-0.4, -0.2) is 17.0 Å². The number of hydrogen-bond donors (Lipinski definition) is 2. The van der Waals surface area contributed by atoms with Crippen LogP contribution in [0.4, 0.5) is 10.1 Å². The van der Waals surface area contributed by atoms with Crippen LogP contribution >= 0.6 is 0 Å². The number of amides is 1. The SMILES string of the molecule is Cc1ccccc1C(=O)Nc1cccc(F)c1C(=O)O. The highest BCUT2D eigenvalue weighted by molar-refractivity contribution is 6.08. The Balaban J connectivity index is 2.36. The van der Waals surface area contributed by atoms with Crippen molar-refractivity contribution < 1.29 is 19.1 Å². The van der Waals surface area contributed by atoms with Gasteiger partial charge < -0.3 is 10.4 Å². The van der Waals surface area contributed by atoms with Crippen LogP contribution in [0.5, 0.6) is 0 Å². The molecule has 4 nitrogen and oxygen atoms in total. The van der Waals surface area contributed by atoms with Crippen molar-refractivity contribution in [3.05, 3.63) is 65.0 Å². The molecule has 2 aromatic rings. The fourth-order valence-electron chi connectivity index (χ4n) is 1.86. The molecule has 0 atom stereocenters. The van der Waals surface area contributed by atoms with E-state index in [0.717, 1.165) is 11.6 Å². The fourth-order valence-corrected chi connectivity index (χ4v) is 1.86. The molecule has 1 amide bonds. The fraction of sp³-hybridized carbons (Fsp3) is 0.0667. The quantitative estimate of drug-likeness (QED) is 0.903. The number of carboxylic acids is 1. The molecule has 2 rings (SSSR count). The monoisotopic (exact) mass is 273 g/mol. The summed E-state index contributed by atoms with van der Waals surface area (Å²) in [7, 11) is 0. The third-order valence-corrected chi connectivity index (χ3v) is 2.87. The van der Waals surface area contributed by atoms with E-state index >= 15 is 0 Å². The van der Waals surface area contributed by atoms with Crippen LogP contribution < -0.4 is 5.32 Å². The normalized spacial score (nSPS) is 10.1. The van der Waals surface area contributed by atoms with E-state index < -0.39 is 23.3 Å². The summed E-state index contributed by atoms with van der Waals surface area (Å²) in [5.41, 5.74) is 0.548. The van der Waals surface area contributed by atoms with Gasteiger partial charge in [0.05, 0.1) is 5.69 Å². The van der Waals surface area contributed by atoms with Crippen LogP contribution in [-0.2, 0) is 0 Å². The molecular formula is C15H12FNO3. The van der Waals surface area contributed by atoms with Crippen LogP contribution in [0.1, 0.15) is 26.3 Å². The van der Waals surface area contributed by atoms with Gasteiger partial charge in [0.1, 0.15) is 11.4 Å². The molecule has 0 radical (unpaired) electrons. The van der Waals surface area contributed by atoms with Gasteiger partial charge >= 0.3 is 5.97 Å². The standard InChI is InChI=1S/C15H12FNO3/c1-9-5-2-3-6-10(9)14(18)17-12-8-4-7-11(16)13(12)15(19)20/h2-8H,1H3,(H,17,18)(H,19,20). The van der Waals surface area contributed by atoms with E-state index in [1.54, 1.807) is 31.2 Å². The number of nitrogens with one attached hydrogen (secondary N) is 1. The summed E-state index contributed by atoms with van der Waals surface area (Å²) >= 11 is 0. The van der Waals surface area contributed by atoms with E-state index in [2.05, 4.69) is 5.32 Å². The topological polar surface area (TPSA) is 66.4 Å². The molecule has 0 unspecified atom stereocenters. The minimum absolute atomic E-state index is 0.0641. The summed E-state index contributed by atoms with van der Waals surface area (Å²) in [6.07, 6.45) is 0. The maximum Gasteiger partial charge on any atom is 0.340 e. The molecule has 0 aliphatic rings. The highest BCUT2D eigenvalue weighted by atomic mass is 19.1. The third-order valence-electron chi connectivity index (χ3n) is 2.87. The molecule has 20 heavy (non-hydrogen) atoms. The first kappa shape index (κ1) is 13.7. The number of rotatable bonds is 3. The van der Waals surface area contributed by atoms with Crippen LogP contribution in [0.25, 0.3) is 0 Å². The van der Waals surface area contributed by atoms with Gasteiger partial charge in [-0.3, -0.25) is 4.79 Å². The van der Waals surface area contributed by atoms with Crippen LogP contribution in [0.15, 0.2) is 42.5 Å². The molecule has 0 heterocycles. The van der Waals surface area contributed by atoms with Gasteiger partial charge in [-0.05, 0) is 30.7 Å². The third kappa shape index (κ3) is 2.66. The van der Waals surface area contributed by atoms with Gasteiger partial charge in [0.15, 0.2) is 0 Å². The van der Waals surface area contributed by atoms with E-state index in [0.29, 0.717) is 5.56 Å². The lowest BCUT2D eigenvalue weighted by molar-refractivity contribution is 0.0693. The molecule has 2 N–H and O–H groups in total. The van der Waals surface area contributed by atoms with E-state index in [1.165, 1.54) is 12.1 Å². The maximum atomic E-state index is 13.5. The summed E-state index contributed by atoms with van der Waals surface area (Å²) in [5, 5.41) is 11.4. The number of carbonyl (C=O) groups excluding carboxylic acids is 1. The van der Waals surface area contributed by atoms with Crippen LogP contribution in [0, 0.1) is 12.7 Å². The largest absolute Gasteiger partial charge is 0.478 e. The van der Waals surface area contributed by atoms with Crippen molar-refractivity contribution in [2.24, 2.45) is 0 Å². The number of anilines is 1. The summed E-state index contributed by atoms with van der Waals surface area (Å²) in [6, 6.07) is 10.6. The van der Waals surface area contributed by atoms with Crippen molar-refractivity contribution in [1.29, 1.82) is 0 Å². The Morgan fingerprint density at radius 3 is 2.45 bits per heavy atom. The highest BCUT2D eigenvalue weighted by Gasteiger charge is 2.18. The minimum Gasteiger partial charge on any atom is -0.478 e. The lowest BCUT2D eigenvalue weighted by atomic mass is 10.1. The second-order valence-electron chi connectivity index (χ2n) is 4.24. The molecule has 0 aliphatic carbocycles. The molecule has 0 fully saturated rings. The second-order valence-corrected chi connectivity index (χ2v) is 4.24. The van der Waals surface area contributed by atoms with E-state index in [9.17, 15) is 14.0 Å². The molecule has 0 aliphatic heterocycles. The predicted molar refractivity (Wildman–Crippen MR) is 72.5 cm³/mol. The van der Waals surface area contributed by atoms with Gasteiger partial charge in [-0.25, -0.2) is 9.18 Å². The Morgan fingerprint density at radius 1 is 1.10 bits per heavy atom. The van der Waals surface area contributed by atoms with Gasteiger partial charge in [0.2, 0.25) is 0 Å². The van der Waals surface area contributed by atoms with Crippen molar-refractivity contribution in [1.82, 2.24) is 0 Å². The van der Waals surface area contributed by atoms with Crippen molar-refractivity contribution in [3.63, 3.8) is 0 Å². The highest BCUT2D eigenvalue weighted by Crippen LogP contribution is 2.20. The first-order valence-corrected chi connectivity index (χ1v) is 5.89. The van der Waals surface area contributed by atoms with E-state index in [4.69, 9.17) is 5.11 Å². The zero-order chi connectivity index (χ0) is 14.7. The summed E-state index contributed by atoms with van der Waals surface area (Å²) in [5.74, 6) is -2.79. The lowest BCUT2D eigenvalue weighted by Gasteiger charge is -2.10. The van der Waals surface area contributed by atoms with Crippen molar-refractivity contribution in [3.8, 4) is 0 Å². The maximum absolute atomic E-state index is 13.5. The molecule has 5 heteroatoms. The zero-order valence-electron chi connectivity index (χ0n) is 10.7. The Morgan fingerprint density at radius 2 is 1.80 bits per heavy atom. The van der Waals surface area contributed by atoms with Crippen molar-refractivity contribution in [2.75, 3.05) is 5.32 Å². The summed E-state index contributed by atoms with van der Waals surface area (Å²) in [6.45, 7) is 1.76. The van der Waals surface area contributed by atoms with E-state index in [1.807, 2.05) is 0 Å². The Bertz CT molecular complexity index is 683. The summed E-state index contributed by atoms with van der Waals surface area (Å²) in [4.78, 5) is 23.1. The van der Waals surface area contributed by atoms with Gasteiger partial charge in [-0.1, -0.05) is 24.3 Å². The van der Waals surface area contributed by atoms with Gasteiger partial charge in [0, 0.05) is 5.56 Å². The van der Waals surface area contributed by atoms with Crippen molar-refractivity contribution >= 4 is 17.6 Å².